The molecule has 5 atom stereocenters. The van der Waals surface area contributed by atoms with Gasteiger partial charge in [0.2, 0.25) is 17.7 Å². The number of nitrogens with one attached hydrogen (secondary N) is 1. The number of ether oxygens (including phenoxy) is 3. The molecule has 15 nitrogen and oxygen atoms in total. The molecular formula is C52H68N6O9. The van der Waals surface area contributed by atoms with E-state index in [9.17, 15) is 28.8 Å². The van der Waals surface area contributed by atoms with Crippen molar-refractivity contribution in [2.45, 2.75) is 147 Å². The first-order valence-electron chi connectivity index (χ1n) is 24.3. The molecule has 1 unspecified atom stereocenters. The third-order valence-corrected chi connectivity index (χ3v) is 13.6. The Balaban J connectivity index is 0.732. The molecule has 4 aromatic rings. The molecule has 0 saturated heterocycles. The van der Waals surface area contributed by atoms with Crippen LogP contribution in [-0.4, -0.2) is 89.1 Å². The summed E-state index contributed by atoms with van der Waals surface area (Å²) in [6, 6.07) is 17.7. The molecule has 1 saturated carbocycles. The van der Waals surface area contributed by atoms with Crippen LogP contribution in [0.2, 0.25) is 0 Å². The molecule has 7 rings (SSSR count). The SMILES string of the molecule is C[C@@H](OCc1ccc(CCCOCCCCCCOCCCc2ccc3c(c2)n(C)c(=O)n3C2CCC(=O)CC2=O)cc1)[C@H](CCC(N)=O)NC(=O)[C@@H]1Cc2cccc3c2N1C(=O)[C@@H](N)CC3. The van der Waals surface area contributed by atoms with E-state index in [1.807, 2.05) is 55.5 Å². The zero-order valence-electron chi connectivity index (χ0n) is 39.2. The van der Waals surface area contributed by atoms with Crippen LogP contribution in [0, 0.1) is 0 Å². The van der Waals surface area contributed by atoms with Gasteiger partial charge >= 0.3 is 5.69 Å². The molecule has 3 amide bonds. The first kappa shape index (κ1) is 49.4. The van der Waals surface area contributed by atoms with E-state index in [1.54, 1.807) is 21.1 Å². The fourth-order valence-corrected chi connectivity index (χ4v) is 9.73. The molecule has 1 fully saturated rings. The Morgan fingerprint density at radius 3 is 2.15 bits per heavy atom. The number of hydrogen-bond donors (Lipinski definition) is 3. The standard InChI is InChI=1S/C52H68N6O9/c1-34(42(22-25-48(54)61)55-50(62)46-31-39-13-7-12-38-19-21-41(53)51(63)58(46)49(38)39)67-33-37-16-14-35(15-17-37)10-8-28-65-26-5-3-4-6-27-66-29-9-11-36-18-23-43-45(30-36)56(2)52(64)57(43)44-24-20-40(59)32-47(44)60/h7,12-18,23,30,34,41-42,44,46H,3-6,8-11,19-22,24-29,31-33,53H2,1-2H3,(H2,54,61)(H,55,62)/t34-,41+,42+,44?,46+/m1/s1. The minimum atomic E-state index is -0.731. The lowest BCUT2D eigenvalue weighted by atomic mass is 9.92. The van der Waals surface area contributed by atoms with Gasteiger partial charge in [-0.3, -0.25) is 38.0 Å². The molecule has 360 valence electrons. The van der Waals surface area contributed by atoms with E-state index in [0.29, 0.717) is 58.3 Å². The summed E-state index contributed by atoms with van der Waals surface area (Å²) in [6.45, 7) is 5.04. The number of carbonyl (C=O) groups excluding carboxylic acids is 5. The molecule has 0 bridgehead atoms. The van der Waals surface area contributed by atoms with Crippen molar-refractivity contribution in [3.05, 3.63) is 99.0 Å². The van der Waals surface area contributed by atoms with Crippen molar-refractivity contribution < 1.29 is 38.2 Å². The first-order valence-corrected chi connectivity index (χ1v) is 24.3. The summed E-state index contributed by atoms with van der Waals surface area (Å²) in [6.07, 6.45) is 9.90. The molecule has 0 spiro atoms. The molecule has 0 radical (unpaired) electrons. The zero-order chi connectivity index (χ0) is 47.5. The lowest BCUT2D eigenvalue weighted by Gasteiger charge is -2.30. The third-order valence-electron chi connectivity index (χ3n) is 13.6. The van der Waals surface area contributed by atoms with Crippen LogP contribution >= 0.6 is 0 Å². The number of nitrogens with zero attached hydrogens (tertiary/aromatic N) is 3. The van der Waals surface area contributed by atoms with Gasteiger partial charge in [-0.15, -0.1) is 0 Å². The predicted molar refractivity (Wildman–Crippen MR) is 256 cm³/mol. The molecule has 3 heterocycles. The number of anilines is 1. The highest BCUT2D eigenvalue weighted by Crippen LogP contribution is 2.39. The van der Waals surface area contributed by atoms with Gasteiger partial charge in [0.05, 0.1) is 54.0 Å². The van der Waals surface area contributed by atoms with Gasteiger partial charge in [-0.2, -0.15) is 0 Å². The highest BCUT2D eigenvalue weighted by atomic mass is 16.5. The summed E-state index contributed by atoms with van der Waals surface area (Å²) < 4.78 is 21.2. The summed E-state index contributed by atoms with van der Waals surface area (Å²) in [5.41, 5.74) is 19.2. The maximum Gasteiger partial charge on any atom is 0.329 e. The van der Waals surface area contributed by atoms with Crippen LogP contribution in [0.4, 0.5) is 5.69 Å². The van der Waals surface area contributed by atoms with Crippen molar-refractivity contribution >= 4 is 46.0 Å². The van der Waals surface area contributed by atoms with Crippen LogP contribution in [0.15, 0.2) is 65.5 Å². The van der Waals surface area contributed by atoms with E-state index in [4.69, 9.17) is 25.7 Å². The number of benzene rings is 3. The third kappa shape index (κ3) is 12.5. The zero-order valence-corrected chi connectivity index (χ0v) is 39.2. The second-order valence-corrected chi connectivity index (χ2v) is 18.6. The average Bonchev–Trinajstić information content (AvgIpc) is 3.79. The molecule has 67 heavy (non-hydrogen) atoms. The number of amides is 3. The number of unbranched alkanes of at least 4 members (excludes halogenated alkanes) is 3. The van der Waals surface area contributed by atoms with Crippen LogP contribution < -0.4 is 27.4 Å². The number of ketones is 2. The average molecular weight is 921 g/mol. The highest BCUT2D eigenvalue weighted by molar-refractivity contribution is 6.07. The normalized spacial score (nSPS) is 19.1. The number of hydrogen-bond acceptors (Lipinski definition) is 10. The van der Waals surface area contributed by atoms with E-state index in [2.05, 4.69) is 17.4 Å². The van der Waals surface area contributed by atoms with Gasteiger partial charge in [-0.1, -0.05) is 61.4 Å². The molecule has 2 aliphatic heterocycles. The largest absolute Gasteiger partial charge is 0.381 e. The minimum absolute atomic E-state index is 0.0557. The van der Waals surface area contributed by atoms with Gasteiger partial charge in [0.15, 0.2) is 5.78 Å². The van der Waals surface area contributed by atoms with E-state index in [-0.39, 0.29) is 41.9 Å². The summed E-state index contributed by atoms with van der Waals surface area (Å²) in [7, 11) is 1.73. The van der Waals surface area contributed by atoms with Crippen molar-refractivity contribution in [2.24, 2.45) is 18.5 Å². The van der Waals surface area contributed by atoms with Gasteiger partial charge in [-0.25, -0.2) is 4.79 Å². The second-order valence-electron chi connectivity index (χ2n) is 18.6. The first-order chi connectivity index (χ1) is 32.4. The summed E-state index contributed by atoms with van der Waals surface area (Å²) in [5.74, 6) is -1.25. The predicted octanol–water partition coefficient (Wildman–Crippen LogP) is 5.25. The number of fused-ring (bicyclic) bond motifs is 1. The number of Topliss-reactive ketones (excluding diaryl/α,β-unsaturated/α-hetero) is 2. The fourth-order valence-electron chi connectivity index (χ4n) is 9.73. The Morgan fingerprint density at radius 2 is 1.45 bits per heavy atom. The highest BCUT2D eigenvalue weighted by Gasteiger charge is 2.43. The Kier molecular flexibility index (Phi) is 17.3. The number of carbonyl (C=O) groups is 5. The number of aryl methyl sites for hydroxylation is 4. The number of imidazole rings is 1. The Labute approximate surface area is 392 Å². The van der Waals surface area contributed by atoms with Crippen molar-refractivity contribution in [1.29, 1.82) is 0 Å². The topological polar surface area (TPSA) is 207 Å². The quantitative estimate of drug-likeness (QED) is 0.0582. The second kappa shape index (κ2) is 23.5. The smallest absolute Gasteiger partial charge is 0.329 e. The van der Waals surface area contributed by atoms with Gasteiger partial charge < -0.3 is 31.0 Å². The molecule has 1 aliphatic carbocycles. The summed E-state index contributed by atoms with van der Waals surface area (Å²) >= 11 is 0. The van der Waals surface area contributed by atoms with E-state index < -0.39 is 36.2 Å². The Bertz CT molecular complexity index is 2440. The van der Waals surface area contributed by atoms with Gasteiger partial charge in [0.25, 0.3) is 0 Å². The number of rotatable bonds is 25. The van der Waals surface area contributed by atoms with Crippen LogP contribution in [0.5, 0.6) is 0 Å². The molecule has 15 heteroatoms. The Morgan fingerprint density at radius 1 is 0.791 bits per heavy atom. The van der Waals surface area contributed by atoms with Gasteiger partial charge in [-0.05, 0) is 111 Å². The number of para-hydroxylation sites is 1. The van der Waals surface area contributed by atoms with E-state index in [1.165, 1.54) is 5.56 Å². The number of primary amides is 1. The molecule has 5 N–H and O–H groups in total. The molecular weight excluding hydrogens is 853 g/mol. The van der Waals surface area contributed by atoms with Crippen molar-refractivity contribution in [1.82, 2.24) is 14.5 Å². The summed E-state index contributed by atoms with van der Waals surface area (Å²) in [5, 5.41) is 3.09. The van der Waals surface area contributed by atoms with E-state index >= 15 is 0 Å². The lowest BCUT2D eigenvalue weighted by molar-refractivity contribution is -0.132. The van der Waals surface area contributed by atoms with Gasteiger partial charge in [0.1, 0.15) is 11.8 Å². The van der Waals surface area contributed by atoms with E-state index in [0.717, 1.165) is 104 Å². The number of nitrogens with two attached hydrogens (primary N) is 2. The lowest BCUT2D eigenvalue weighted by Crippen LogP contribution is -2.55. The van der Waals surface area contributed by atoms with Crippen molar-refractivity contribution in [3.8, 4) is 0 Å². The maximum atomic E-state index is 13.8. The van der Waals surface area contributed by atoms with Crippen LogP contribution in [0.25, 0.3) is 11.0 Å². The van der Waals surface area contributed by atoms with Crippen LogP contribution in [-0.2, 0) is 77.5 Å². The van der Waals surface area contributed by atoms with Crippen molar-refractivity contribution in [3.63, 3.8) is 0 Å². The Hall–Kier alpha value is -5.48. The minimum Gasteiger partial charge on any atom is -0.381 e. The van der Waals surface area contributed by atoms with Crippen LogP contribution in [0.1, 0.15) is 118 Å². The van der Waals surface area contributed by atoms with Crippen molar-refractivity contribution in [2.75, 3.05) is 31.3 Å². The summed E-state index contributed by atoms with van der Waals surface area (Å²) in [4.78, 5) is 77.9. The molecule has 1 aromatic heterocycles. The monoisotopic (exact) mass is 921 g/mol. The molecule has 3 aromatic carbocycles. The van der Waals surface area contributed by atoms with Crippen LogP contribution in [0.3, 0.4) is 0 Å². The fraction of sp³-hybridized carbons (Fsp3) is 0.538. The molecule has 3 aliphatic rings. The number of aromatic nitrogens is 2. The van der Waals surface area contributed by atoms with Gasteiger partial charge in [0, 0.05) is 52.7 Å². The maximum absolute atomic E-state index is 13.8.